The Hall–Kier alpha value is -0.870. The first kappa shape index (κ1) is 43.1. The van der Waals surface area contributed by atoms with Crippen molar-refractivity contribution in [2.24, 2.45) is 5.92 Å². The summed E-state index contributed by atoms with van der Waals surface area (Å²) in [7, 11) is 0. The lowest BCUT2D eigenvalue weighted by Gasteiger charge is -2.25. The van der Waals surface area contributed by atoms with Gasteiger partial charge in [0.05, 0.1) is 12.7 Å². The Labute approximate surface area is 276 Å². The van der Waals surface area contributed by atoms with Crippen LogP contribution < -0.4 is 0 Å². The molecule has 0 aromatic heterocycles. The summed E-state index contributed by atoms with van der Waals surface area (Å²) in [5.74, 6) is 0.355. The highest BCUT2D eigenvalue weighted by molar-refractivity contribution is 5.86. The SMILES string of the molecule is C=C(C)C(=O)OCCCCOCCCCOC(CCCCCCCCCCCCCCC)C(C)CCCCCCCCCC. The summed E-state index contributed by atoms with van der Waals surface area (Å²) >= 11 is 0. The molecule has 0 aliphatic carbocycles. The highest BCUT2D eigenvalue weighted by atomic mass is 16.5. The standard InChI is InChI=1S/C40H78O4/c1-6-8-10-12-14-16-17-18-19-20-22-24-26-32-39(38(5)31-25-23-21-15-13-11-9-7-2)43-35-29-27-33-42-34-28-30-36-44-40(41)37(3)4/h38-39H,3,6-36H2,1-2,4-5H3. The van der Waals surface area contributed by atoms with Crippen molar-refractivity contribution < 1.29 is 19.0 Å². The first-order valence-electron chi connectivity index (χ1n) is 19.5. The van der Waals surface area contributed by atoms with Crippen LogP contribution in [-0.2, 0) is 19.0 Å². The van der Waals surface area contributed by atoms with Gasteiger partial charge in [-0.1, -0.05) is 162 Å². The van der Waals surface area contributed by atoms with E-state index in [2.05, 4.69) is 27.4 Å². The number of unbranched alkanes of at least 4 members (excludes halogenated alkanes) is 21. The molecule has 0 bridgehead atoms. The van der Waals surface area contributed by atoms with Crippen LogP contribution in [0.15, 0.2) is 12.2 Å². The summed E-state index contributed by atoms with van der Waals surface area (Å²) in [5.41, 5.74) is 0.456. The zero-order chi connectivity index (χ0) is 32.4. The lowest BCUT2D eigenvalue weighted by Crippen LogP contribution is -2.23. The second-order valence-corrected chi connectivity index (χ2v) is 13.6. The number of rotatable bonds is 36. The molecular formula is C40H78O4. The largest absolute Gasteiger partial charge is 0.462 e. The maximum atomic E-state index is 11.4. The molecule has 0 aromatic carbocycles. The number of esters is 1. The normalized spacial score (nSPS) is 12.8. The molecule has 0 radical (unpaired) electrons. The van der Waals surface area contributed by atoms with Crippen molar-refractivity contribution >= 4 is 5.97 Å². The van der Waals surface area contributed by atoms with Crippen molar-refractivity contribution in [2.45, 2.75) is 207 Å². The van der Waals surface area contributed by atoms with Gasteiger partial charge in [-0.2, -0.15) is 0 Å². The fraction of sp³-hybridized carbons (Fsp3) is 0.925. The third-order valence-corrected chi connectivity index (χ3v) is 9.02. The van der Waals surface area contributed by atoms with E-state index in [1.165, 1.54) is 148 Å². The molecule has 0 saturated carbocycles. The van der Waals surface area contributed by atoms with E-state index in [1.807, 2.05) is 0 Å². The topological polar surface area (TPSA) is 44.8 Å². The Morgan fingerprint density at radius 1 is 0.523 bits per heavy atom. The molecule has 2 atom stereocenters. The maximum Gasteiger partial charge on any atom is 0.333 e. The average molecular weight is 623 g/mol. The number of hydrogen-bond acceptors (Lipinski definition) is 4. The Balaban J connectivity index is 4.07. The number of carbonyl (C=O) groups is 1. The molecule has 0 aromatic rings. The first-order chi connectivity index (χ1) is 21.5. The Morgan fingerprint density at radius 2 is 0.909 bits per heavy atom. The highest BCUT2D eigenvalue weighted by Crippen LogP contribution is 2.23. The Morgan fingerprint density at radius 3 is 1.36 bits per heavy atom. The minimum absolute atomic E-state index is 0.301. The molecule has 2 unspecified atom stereocenters. The number of carbonyl (C=O) groups excluding carboxylic acids is 1. The molecule has 0 saturated heterocycles. The molecule has 4 heteroatoms. The van der Waals surface area contributed by atoms with Gasteiger partial charge in [0.1, 0.15) is 0 Å². The van der Waals surface area contributed by atoms with Crippen LogP contribution in [0.4, 0.5) is 0 Å². The molecule has 0 N–H and O–H groups in total. The zero-order valence-corrected chi connectivity index (χ0v) is 30.4. The molecular weight excluding hydrogens is 544 g/mol. The van der Waals surface area contributed by atoms with Gasteiger partial charge >= 0.3 is 5.97 Å². The van der Waals surface area contributed by atoms with Crippen molar-refractivity contribution in [3.63, 3.8) is 0 Å². The van der Waals surface area contributed by atoms with Crippen LogP contribution in [0.3, 0.4) is 0 Å². The monoisotopic (exact) mass is 623 g/mol. The predicted octanol–water partition coefficient (Wildman–Crippen LogP) is 12.7. The molecule has 0 rings (SSSR count). The molecule has 0 spiro atoms. The van der Waals surface area contributed by atoms with Gasteiger partial charge in [-0.3, -0.25) is 0 Å². The van der Waals surface area contributed by atoms with E-state index in [0.29, 0.717) is 24.2 Å². The van der Waals surface area contributed by atoms with Crippen LogP contribution in [0.5, 0.6) is 0 Å². The molecule has 0 amide bonds. The van der Waals surface area contributed by atoms with Crippen molar-refractivity contribution in [3.05, 3.63) is 12.2 Å². The van der Waals surface area contributed by atoms with Crippen LogP contribution in [0.1, 0.15) is 201 Å². The van der Waals surface area contributed by atoms with Crippen molar-refractivity contribution in [2.75, 3.05) is 26.4 Å². The van der Waals surface area contributed by atoms with E-state index in [9.17, 15) is 4.79 Å². The van der Waals surface area contributed by atoms with Crippen molar-refractivity contribution in [1.29, 1.82) is 0 Å². The lowest BCUT2D eigenvalue weighted by molar-refractivity contribution is -0.139. The molecule has 0 aliphatic heterocycles. The van der Waals surface area contributed by atoms with E-state index in [1.54, 1.807) is 6.92 Å². The van der Waals surface area contributed by atoms with Crippen LogP contribution in [-0.4, -0.2) is 38.5 Å². The van der Waals surface area contributed by atoms with Gasteiger partial charge in [0.15, 0.2) is 0 Å². The van der Waals surface area contributed by atoms with E-state index in [0.717, 1.165) is 45.5 Å². The predicted molar refractivity (Wildman–Crippen MR) is 192 cm³/mol. The zero-order valence-electron chi connectivity index (χ0n) is 30.4. The van der Waals surface area contributed by atoms with Gasteiger partial charge in [-0.25, -0.2) is 4.79 Å². The summed E-state index contributed by atoms with van der Waals surface area (Å²) in [4.78, 5) is 11.4. The molecule has 44 heavy (non-hydrogen) atoms. The van der Waals surface area contributed by atoms with Gasteiger partial charge in [0.2, 0.25) is 0 Å². The highest BCUT2D eigenvalue weighted by Gasteiger charge is 2.17. The van der Waals surface area contributed by atoms with Gasteiger partial charge in [0, 0.05) is 25.4 Å². The Kier molecular flexibility index (Phi) is 34.3. The molecule has 0 heterocycles. The summed E-state index contributed by atoms with van der Waals surface area (Å²) in [6, 6.07) is 0. The van der Waals surface area contributed by atoms with Crippen LogP contribution >= 0.6 is 0 Å². The fourth-order valence-corrected chi connectivity index (χ4v) is 5.92. The molecule has 262 valence electrons. The van der Waals surface area contributed by atoms with Crippen LogP contribution in [0.25, 0.3) is 0 Å². The quantitative estimate of drug-likeness (QED) is 0.0396. The summed E-state index contributed by atoms with van der Waals surface area (Å²) in [5, 5.41) is 0. The maximum absolute atomic E-state index is 11.4. The second-order valence-electron chi connectivity index (χ2n) is 13.6. The fourth-order valence-electron chi connectivity index (χ4n) is 5.92. The third kappa shape index (κ3) is 31.1. The van der Waals surface area contributed by atoms with Gasteiger partial charge in [-0.05, 0) is 51.4 Å². The average Bonchev–Trinajstić information content (AvgIpc) is 3.01. The van der Waals surface area contributed by atoms with Gasteiger partial charge in [-0.15, -0.1) is 0 Å². The third-order valence-electron chi connectivity index (χ3n) is 9.02. The minimum atomic E-state index is -0.301. The van der Waals surface area contributed by atoms with Crippen molar-refractivity contribution in [3.8, 4) is 0 Å². The van der Waals surface area contributed by atoms with Crippen molar-refractivity contribution in [1.82, 2.24) is 0 Å². The molecule has 0 fully saturated rings. The van der Waals surface area contributed by atoms with E-state index >= 15 is 0 Å². The van der Waals surface area contributed by atoms with Gasteiger partial charge < -0.3 is 14.2 Å². The smallest absolute Gasteiger partial charge is 0.333 e. The van der Waals surface area contributed by atoms with E-state index < -0.39 is 0 Å². The number of ether oxygens (including phenoxy) is 3. The summed E-state index contributed by atoms with van der Waals surface area (Å²) in [6.07, 6.45) is 36.2. The summed E-state index contributed by atoms with van der Waals surface area (Å²) < 4.78 is 17.4. The van der Waals surface area contributed by atoms with Crippen LogP contribution in [0.2, 0.25) is 0 Å². The summed E-state index contributed by atoms with van der Waals surface area (Å²) in [6.45, 7) is 15.1. The second kappa shape index (κ2) is 35.0. The van der Waals surface area contributed by atoms with Gasteiger partial charge in [0.25, 0.3) is 0 Å². The van der Waals surface area contributed by atoms with Crippen LogP contribution in [0, 0.1) is 5.92 Å². The Bertz CT molecular complexity index is 604. The van der Waals surface area contributed by atoms with E-state index in [4.69, 9.17) is 14.2 Å². The molecule has 4 nitrogen and oxygen atoms in total. The molecule has 0 aliphatic rings. The minimum Gasteiger partial charge on any atom is -0.462 e. The lowest BCUT2D eigenvalue weighted by atomic mass is 9.92. The number of hydrogen-bond donors (Lipinski definition) is 0. The first-order valence-corrected chi connectivity index (χ1v) is 19.5. The van der Waals surface area contributed by atoms with E-state index in [-0.39, 0.29) is 5.97 Å².